The Morgan fingerprint density at radius 2 is 2.08 bits per heavy atom. The summed E-state index contributed by atoms with van der Waals surface area (Å²) in [4.78, 5) is 12.0. The Morgan fingerprint density at radius 1 is 1.24 bits per heavy atom. The van der Waals surface area contributed by atoms with Gasteiger partial charge in [-0.2, -0.15) is 0 Å². The van der Waals surface area contributed by atoms with E-state index in [0.29, 0.717) is 23.8 Å². The minimum Gasteiger partial charge on any atom is -0.467 e. The van der Waals surface area contributed by atoms with Crippen LogP contribution in [0.15, 0.2) is 52.2 Å². The molecule has 2 aromatic heterocycles. The van der Waals surface area contributed by atoms with Gasteiger partial charge in [0.25, 0.3) is 0 Å². The first-order chi connectivity index (χ1) is 12.2. The number of hydrogen-bond acceptors (Lipinski definition) is 5. The van der Waals surface area contributed by atoms with Crippen LogP contribution in [-0.2, 0) is 11.3 Å². The maximum absolute atomic E-state index is 12.0. The fourth-order valence-electron chi connectivity index (χ4n) is 2.92. The zero-order valence-electron chi connectivity index (χ0n) is 13.4. The van der Waals surface area contributed by atoms with Crippen LogP contribution in [0, 0.1) is 0 Å². The summed E-state index contributed by atoms with van der Waals surface area (Å²) in [6, 6.07) is 11.3. The van der Waals surface area contributed by atoms with Gasteiger partial charge in [-0.05, 0) is 49.2 Å². The molecule has 0 amide bonds. The van der Waals surface area contributed by atoms with Gasteiger partial charge >= 0.3 is 0 Å². The lowest BCUT2D eigenvalue weighted by molar-refractivity contribution is -0.116. The van der Waals surface area contributed by atoms with Crippen molar-refractivity contribution in [2.75, 3.05) is 0 Å². The molecule has 5 nitrogen and oxygen atoms in total. The van der Waals surface area contributed by atoms with E-state index in [4.69, 9.17) is 16.0 Å². The van der Waals surface area contributed by atoms with Gasteiger partial charge in [-0.1, -0.05) is 23.4 Å². The van der Waals surface area contributed by atoms with E-state index < -0.39 is 0 Å². The summed E-state index contributed by atoms with van der Waals surface area (Å²) < 4.78 is 7.49. The number of ketones is 1. The summed E-state index contributed by atoms with van der Waals surface area (Å²) in [6.45, 7) is 0.515. The van der Waals surface area contributed by atoms with Crippen molar-refractivity contribution >= 4 is 29.1 Å². The molecule has 1 saturated carbocycles. The summed E-state index contributed by atoms with van der Waals surface area (Å²) in [5.41, 5.74) is 0.924. The summed E-state index contributed by atoms with van der Waals surface area (Å²) in [6.07, 6.45) is 4.16. The third-order valence-electron chi connectivity index (χ3n) is 4.21. The number of hydrogen-bond donors (Lipinski definition) is 0. The molecule has 128 valence electrons. The van der Waals surface area contributed by atoms with Crippen LogP contribution in [0.25, 0.3) is 11.4 Å². The number of halogens is 1. The summed E-state index contributed by atoms with van der Waals surface area (Å²) in [5, 5.41) is 10.1. The molecule has 1 fully saturated rings. The second kappa shape index (κ2) is 7.06. The molecule has 2 heterocycles. The van der Waals surface area contributed by atoms with Gasteiger partial charge in [-0.15, -0.1) is 10.2 Å². The van der Waals surface area contributed by atoms with Gasteiger partial charge in [0.15, 0.2) is 11.0 Å². The number of benzene rings is 1. The largest absolute Gasteiger partial charge is 0.467 e. The van der Waals surface area contributed by atoms with E-state index in [1.54, 1.807) is 6.26 Å². The first kappa shape index (κ1) is 16.4. The van der Waals surface area contributed by atoms with Crippen molar-refractivity contribution < 1.29 is 9.21 Å². The average Bonchev–Trinajstić information content (AvgIpc) is 3.34. The smallest absolute Gasteiger partial charge is 0.192 e. The second-order valence-electron chi connectivity index (χ2n) is 5.94. The fraction of sp³-hybridized carbons (Fsp3) is 0.278. The number of aromatic nitrogens is 3. The van der Waals surface area contributed by atoms with Crippen molar-refractivity contribution in [1.29, 1.82) is 0 Å². The van der Waals surface area contributed by atoms with Crippen LogP contribution in [-0.4, -0.2) is 25.8 Å². The number of thioether (sulfide) groups is 1. The monoisotopic (exact) mass is 373 g/mol. The van der Waals surface area contributed by atoms with Gasteiger partial charge in [0, 0.05) is 17.0 Å². The highest BCUT2D eigenvalue weighted by Gasteiger charge is 2.28. The molecule has 0 aliphatic heterocycles. The second-order valence-corrected chi connectivity index (χ2v) is 7.55. The zero-order chi connectivity index (χ0) is 17.2. The Hall–Kier alpha value is -2.05. The molecule has 0 spiro atoms. The lowest BCUT2D eigenvalue weighted by Crippen LogP contribution is -2.11. The van der Waals surface area contributed by atoms with Crippen LogP contribution in [0.1, 0.15) is 25.0 Å². The number of rotatable bonds is 5. The van der Waals surface area contributed by atoms with Crippen molar-refractivity contribution in [3.63, 3.8) is 0 Å². The zero-order valence-corrected chi connectivity index (χ0v) is 15.0. The van der Waals surface area contributed by atoms with Crippen LogP contribution >= 0.6 is 23.4 Å². The highest BCUT2D eigenvalue weighted by Crippen LogP contribution is 2.34. The van der Waals surface area contributed by atoms with E-state index in [9.17, 15) is 4.79 Å². The van der Waals surface area contributed by atoms with Crippen molar-refractivity contribution in [3.8, 4) is 11.4 Å². The first-order valence-electron chi connectivity index (χ1n) is 8.11. The third kappa shape index (κ3) is 3.50. The molecule has 1 aromatic carbocycles. The van der Waals surface area contributed by atoms with Gasteiger partial charge in [-0.25, -0.2) is 0 Å². The molecule has 7 heteroatoms. The standard InChI is InChI=1S/C18H16ClN3O2S/c19-13-8-6-12(7-9-13)17-20-21-18(25-16-5-1-4-15(16)23)22(17)11-14-3-2-10-24-14/h2-3,6-10,16H,1,4-5,11H2/t16-/m0/s1. The maximum atomic E-state index is 12.0. The van der Waals surface area contributed by atoms with Crippen molar-refractivity contribution in [2.45, 2.75) is 36.2 Å². The highest BCUT2D eigenvalue weighted by atomic mass is 35.5. The van der Waals surface area contributed by atoms with Crippen LogP contribution in [0.4, 0.5) is 0 Å². The highest BCUT2D eigenvalue weighted by molar-refractivity contribution is 8.00. The normalized spacial score (nSPS) is 17.3. The molecule has 0 bridgehead atoms. The van der Waals surface area contributed by atoms with Crippen LogP contribution < -0.4 is 0 Å². The van der Waals surface area contributed by atoms with E-state index in [2.05, 4.69) is 10.2 Å². The molecule has 0 radical (unpaired) electrons. The number of carbonyl (C=O) groups excluding carboxylic acids is 1. The lowest BCUT2D eigenvalue weighted by Gasteiger charge is -2.11. The van der Waals surface area contributed by atoms with Crippen molar-refractivity contribution in [3.05, 3.63) is 53.4 Å². The summed E-state index contributed by atoms with van der Waals surface area (Å²) in [7, 11) is 0. The Bertz CT molecular complexity index is 874. The van der Waals surface area contributed by atoms with E-state index in [1.807, 2.05) is 41.0 Å². The molecule has 3 aromatic rings. The molecule has 1 aliphatic carbocycles. The van der Waals surface area contributed by atoms with Crippen molar-refractivity contribution in [1.82, 2.24) is 14.8 Å². The lowest BCUT2D eigenvalue weighted by atomic mass is 10.2. The first-order valence-corrected chi connectivity index (χ1v) is 9.37. The summed E-state index contributed by atoms with van der Waals surface area (Å²) >= 11 is 7.49. The van der Waals surface area contributed by atoms with E-state index in [0.717, 1.165) is 35.1 Å². The van der Waals surface area contributed by atoms with Crippen LogP contribution in [0.2, 0.25) is 5.02 Å². The molecular weight excluding hydrogens is 358 g/mol. The van der Waals surface area contributed by atoms with Crippen molar-refractivity contribution in [2.24, 2.45) is 0 Å². The topological polar surface area (TPSA) is 60.9 Å². The average molecular weight is 374 g/mol. The molecule has 1 atom stereocenters. The predicted molar refractivity (Wildman–Crippen MR) is 96.8 cm³/mol. The molecule has 1 aliphatic rings. The number of Topliss-reactive ketones (excluding diaryl/α,β-unsaturated/α-hetero) is 1. The third-order valence-corrected chi connectivity index (χ3v) is 5.76. The molecular formula is C18H16ClN3O2S. The van der Waals surface area contributed by atoms with Crippen LogP contribution in [0.5, 0.6) is 0 Å². The quantitative estimate of drug-likeness (QED) is 0.661. The minimum absolute atomic E-state index is 0.0300. The predicted octanol–water partition coefficient (Wildman–Crippen LogP) is 4.45. The fourth-order valence-corrected chi connectivity index (χ4v) is 4.21. The molecule has 4 rings (SSSR count). The van der Waals surface area contributed by atoms with Gasteiger partial charge in [0.2, 0.25) is 0 Å². The number of carbonyl (C=O) groups is 1. The van der Waals surface area contributed by atoms with Crippen LogP contribution in [0.3, 0.4) is 0 Å². The maximum Gasteiger partial charge on any atom is 0.192 e. The SMILES string of the molecule is O=C1CCC[C@@H]1Sc1nnc(-c2ccc(Cl)cc2)n1Cc1ccco1. The van der Waals surface area contributed by atoms with E-state index >= 15 is 0 Å². The Morgan fingerprint density at radius 3 is 2.76 bits per heavy atom. The minimum atomic E-state index is -0.0300. The molecule has 0 N–H and O–H groups in total. The molecule has 25 heavy (non-hydrogen) atoms. The van der Waals surface area contributed by atoms with Gasteiger partial charge in [0.1, 0.15) is 11.5 Å². The number of furan rings is 1. The Labute approximate surface area is 154 Å². The van der Waals surface area contributed by atoms with Gasteiger partial charge in [-0.3, -0.25) is 9.36 Å². The van der Waals surface area contributed by atoms with E-state index in [-0.39, 0.29) is 5.25 Å². The molecule has 0 unspecified atom stereocenters. The van der Waals surface area contributed by atoms with E-state index in [1.165, 1.54) is 11.8 Å². The molecule has 0 saturated heterocycles. The summed E-state index contributed by atoms with van der Waals surface area (Å²) in [5.74, 6) is 1.85. The van der Waals surface area contributed by atoms with Gasteiger partial charge in [0.05, 0.1) is 18.1 Å². The number of nitrogens with zero attached hydrogens (tertiary/aromatic N) is 3. The Balaban J connectivity index is 1.70. The Kier molecular flexibility index (Phi) is 4.63. The van der Waals surface area contributed by atoms with Gasteiger partial charge < -0.3 is 4.42 Å².